The average molecular weight is 599 g/mol. The van der Waals surface area contributed by atoms with Crippen molar-refractivity contribution in [3.8, 4) is 16.9 Å². The van der Waals surface area contributed by atoms with Crippen molar-refractivity contribution in [2.45, 2.75) is 58.8 Å². The van der Waals surface area contributed by atoms with Crippen molar-refractivity contribution in [1.82, 2.24) is 9.55 Å². The summed E-state index contributed by atoms with van der Waals surface area (Å²) in [6.45, 7) is 7.78. The second kappa shape index (κ2) is 11.1. The van der Waals surface area contributed by atoms with Crippen LogP contribution in [-0.4, -0.2) is 32.8 Å². The van der Waals surface area contributed by atoms with Gasteiger partial charge in [-0.3, -0.25) is 9.78 Å². The number of halogens is 2. The van der Waals surface area contributed by atoms with Gasteiger partial charge in [0.25, 0.3) is 12.0 Å². The summed E-state index contributed by atoms with van der Waals surface area (Å²) < 4.78 is 40.6. The highest BCUT2D eigenvalue weighted by molar-refractivity contribution is 6.08. The SMILES string of the molecule is Cc1cc2c(ccc(=O)n2Cc2cccc(C(F)F)c2)c(-c2ccc3c4c(ccnc24)CCO3)c1[C@H](OC(C)(C)C)C(=O)O. The summed E-state index contributed by atoms with van der Waals surface area (Å²) in [5, 5.41) is 12.0. The first-order valence-corrected chi connectivity index (χ1v) is 14.4. The topological polar surface area (TPSA) is 90.7 Å². The Morgan fingerprint density at radius 3 is 2.64 bits per heavy atom. The average Bonchev–Trinajstić information content (AvgIpc) is 2.97. The van der Waals surface area contributed by atoms with Crippen molar-refractivity contribution in [3.05, 3.63) is 105 Å². The van der Waals surface area contributed by atoms with Crippen LogP contribution in [0.4, 0.5) is 8.78 Å². The fraction of sp³-hybridized carbons (Fsp3) is 0.286. The van der Waals surface area contributed by atoms with Gasteiger partial charge in [-0.25, -0.2) is 13.6 Å². The van der Waals surface area contributed by atoms with Gasteiger partial charge in [-0.15, -0.1) is 0 Å². The number of pyridine rings is 2. The third-order valence-electron chi connectivity index (χ3n) is 7.88. The van der Waals surface area contributed by atoms with E-state index in [0.717, 1.165) is 10.9 Å². The van der Waals surface area contributed by atoms with E-state index in [1.54, 1.807) is 58.2 Å². The number of aliphatic carboxylic acids is 1. The molecule has 0 spiro atoms. The van der Waals surface area contributed by atoms with Crippen molar-refractivity contribution in [2.24, 2.45) is 0 Å². The lowest BCUT2D eigenvalue weighted by molar-refractivity contribution is -0.160. The van der Waals surface area contributed by atoms with Crippen LogP contribution in [0.5, 0.6) is 5.75 Å². The maximum atomic E-state index is 13.5. The molecule has 1 N–H and O–H groups in total. The zero-order valence-corrected chi connectivity index (χ0v) is 24.9. The molecule has 0 radical (unpaired) electrons. The largest absolute Gasteiger partial charge is 0.493 e. The van der Waals surface area contributed by atoms with Gasteiger partial charge in [0.15, 0.2) is 6.10 Å². The van der Waals surface area contributed by atoms with Crippen LogP contribution in [0.2, 0.25) is 0 Å². The van der Waals surface area contributed by atoms with Crippen LogP contribution in [0, 0.1) is 6.92 Å². The second-order valence-electron chi connectivity index (χ2n) is 12.1. The Morgan fingerprint density at radius 2 is 1.91 bits per heavy atom. The van der Waals surface area contributed by atoms with Crippen molar-refractivity contribution < 1.29 is 28.2 Å². The predicted molar refractivity (Wildman–Crippen MR) is 165 cm³/mol. The lowest BCUT2D eigenvalue weighted by atomic mass is 9.86. The molecule has 0 saturated carbocycles. The number of carbonyl (C=O) groups is 1. The molecule has 7 nitrogen and oxygen atoms in total. The van der Waals surface area contributed by atoms with Gasteiger partial charge in [0.2, 0.25) is 0 Å². The third kappa shape index (κ3) is 5.32. The summed E-state index contributed by atoms with van der Waals surface area (Å²) in [5.74, 6) is -0.451. The van der Waals surface area contributed by atoms with E-state index in [1.165, 1.54) is 22.8 Å². The lowest BCUT2D eigenvalue weighted by Gasteiger charge is -2.29. The molecular weight excluding hydrogens is 566 g/mol. The number of benzene rings is 3. The van der Waals surface area contributed by atoms with Crippen molar-refractivity contribution >= 4 is 27.8 Å². The molecule has 3 heterocycles. The van der Waals surface area contributed by atoms with E-state index in [1.807, 2.05) is 18.2 Å². The van der Waals surface area contributed by atoms with Crippen LogP contribution >= 0.6 is 0 Å². The monoisotopic (exact) mass is 598 g/mol. The molecule has 3 aromatic carbocycles. The van der Waals surface area contributed by atoms with E-state index in [9.17, 15) is 23.5 Å². The molecule has 0 aliphatic carbocycles. The Hall–Kier alpha value is -4.63. The van der Waals surface area contributed by atoms with Gasteiger partial charge in [0.05, 0.1) is 29.8 Å². The quantitative estimate of drug-likeness (QED) is 0.210. The van der Waals surface area contributed by atoms with Crippen LogP contribution in [-0.2, 0) is 22.5 Å². The van der Waals surface area contributed by atoms with Crippen LogP contribution in [0.3, 0.4) is 0 Å². The summed E-state index contributed by atoms with van der Waals surface area (Å²) in [6.07, 6.45) is -1.53. The molecular formula is C35H32F2N2O5. The van der Waals surface area contributed by atoms with E-state index >= 15 is 0 Å². The molecule has 0 saturated heterocycles. The smallest absolute Gasteiger partial charge is 0.337 e. The molecule has 0 amide bonds. The number of aryl methyl sites for hydroxylation is 1. The highest BCUT2D eigenvalue weighted by Gasteiger charge is 2.33. The first-order valence-electron chi connectivity index (χ1n) is 14.4. The minimum atomic E-state index is -2.64. The molecule has 226 valence electrons. The van der Waals surface area contributed by atoms with Crippen molar-refractivity contribution in [2.75, 3.05) is 6.61 Å². The lowest BCUT2D eigenvalue weighted by Crippen LogP contribution is -2.28. The van der Waals surface area contributed by atoms with E-state index < -0.39 is 24.1 Å². The normalized spacial score (nSPS) is 13.8. The van der Waals surface area contributed by atoms with Gasteiger partial charge in [-0.2, -0.15) is 0 Å². The van der Waals surface area contributed by atoms with Gasteiger partial charge in [-0.05, 0) is 86.3 Å². The Kier molecular flexibility index (Phi) is 7.45. The molecule has 1 aliphatic heterocycles. The maximum Gasteiger partial charge on any atom is 0.337 e. The van der Waals surface area contributed by atoms with Crippen LogP contribution < -0.4 is 10.3 Å². The van der Waals surface area contributed by atoms with E-state index in [2.05, 4.69) is 0 Å². The Bertz CT molecular complexity index is 1980. The van der Waals surface area contributed by atoms with Crippen molar-refractivity contribution in [3.63, 3.8) is 0 Å². The molecule has 44 heavy (non-hydrogen) atoms. The first kappa shape index (κ1) is 29.4. The zero-order valence-electron chi connectivity index (χ0n) is 24.9. The molecule has 0 bridgehead atoms. The summed E-state index contributed by atoms with van der Waals surface area (Å²) in [5.41, 5.74) is 3.87. The predicted octanol–water partition coefficient (Wildman–Crippen LogP) is 7.39. The van der Waals surface area contributed by atoms with E-state index in [0.29, 0.717) is 63.0 Å². The van der Waals surface area contributed by atoms with Crippen LogP contribution in [0.1, 0.15) is 61.1 Å². The number of fused-ring (bicyclic) bond motifs is 1. The molecule has 5 aromatic rings. The number of hydrogen-bond acceptors (Lipinski definition) is 5. The van der Waals surface area contributed by atoms with E-state index in [-0.39, 0.29) is 17.7 Å². The minimum Gasteiger partial charge on any atom is -0.493 e. The second-order valence-corrected chi connectivity index (χ2v) is 12.1. The highest BCUT2D eigenvalue weighted by atomic mass is 19.3. The fourth-order valence-electron chi connectivity index (χ4n) is 6.08. The van der Waals surface area contributed by atoms with E-state index in [4.69, 9.17) is 14.5 Å². The first-order chi connectivity index (χ1) is 20.9. The van der Waals surface area contributed by atoms with Gasteiger partial charge in [-0.1, -0.05) is 18.2 Å². The minimum absolute atomic E-state index is 0.0474. The van der Waals surface area contributed by atoms with Gasteiger partial charge < -0.3 is 19.1 Å². The number of nitrogens with zero attached hydrogens (tertiary/aromatic N) is 2. The summed E-state index contributed by atoms with van der Waals surface area (Å²) in [4.78, 5) is 30.9. The van der Waals surface area contributed by atoms with Gasteiger partial charge >= 0.3 is 5.97 Å². The molecule has 1 atom stereocenters. The number of aromatic nitrogens is 2. The zero-order chi connectivity index (χ0) is 31.3. The number of hydrogen-bond donors (Lipinski definition) is 1. The number of rotatable bonds is 7. The molecule has 0 unspecified atom stereocenters. The highest BCUT2D eigenvalue weighted by Crippen LogP contribution is 2.45. The van der Waals surface area contributed by atoms with Crippen LogP contribution in [0.25, 0.3) is 32.9 Å². The van der Waals surface area contributed by atoms with Gasteiger partial charge in [0.1, 0.15) is 5.75 Å². The van der Waals surface area contributed by atoms with Crippen molar-refractivity contribution in [1.29, 1.82) is 0 Å². The Morgan fingerprint density at radius 1 is 1.11 bits per heavy atom. The summed E-state index contributed by atoms with van der Waals surface area (Å²) in [7, 11) is 0. The number of carboxylic acid groups (broad SMARTS) is 1. The fourth-order valence-corrected chi connectivity index (χ4v) is 6.08. The number of alkyl halides is 2. The maximum absolute atomic E-state index is 13.5. The molecule has 9 heteroatoms. The Labute approximate surface area is 252 Å². The Balaban J connectivity index is 1.69. The molecule has 1 aliphatic rings. The summed E-state index contributed by atoms with van der Waals surface area (Å²) >= 11 is 0. The standard InChI is InChI=1S/C35H32F2N2O5/c1-19-16-25-23(9-11-27(40)39(25)18-20-6-5-7-22(17-20)33(36)37)30(28(19)32(34(41)42)44-35(2,3)4)24-8-10-26-29-21(13-15-43-26)12-14-38-31(24)29/h5-12,14,16-17,32-33H,13,15,18H2,1-4H3,(H,41,42)/t32-/m0/s1. The third-order valence-corrected chi connectivity index (χ3v) is 7.88. The van der Waals surface area contributed by atoms with Gasteiger partial charge in [0, 0.05) is 46.1 Å². The molecule has 2 aromatic heterocycles. The summed E-state index contributed by atoms with van der Waals surface area (Å²) in [6, 6.07) is 16.6. The number of ether oxygens (including phenoxy) is 2. The number of carboxylic acids is 1. The van der Waals surface area contributed by atoms with Crippen LogP contribution in [0.15, 0.2) is 71.7 Å². The molecule has 6 rings (SSSR count). The molecule has 0 fully saturated rings.